The van der Waals surface area contributed by atoms with Crippen molar-refractivity contribution in [1.29, 1.82) is 0 Å². The summed E-state index contributed by atoms with van der Waals surface area (Å²) in [6, 6.07) is 11.5. The van der Waals surface area contributed by atoms with Gasteiger partial charge >= 0.3 is 13.1 Å². The Hall–Kier alpha value is -2.52. The van der Waals surface area contributed by atoms with E-state index in [1.807, 2.05) is 0 Å². The summed E-state index contributed by atoms with van der Waals surface area (Å²) < 4.78 is 11.3. The van der Waals surface area contributed by atoms with Crippen molar-refractivity contribution in [3.8, 4) is 5.75 Å². The van der Waals surface area contributed by atoms with E-state index in [1.165, 1.54) is 0 Å². The third kappa shape index (κ3) is 4.81. The molecule has 0 atom stereocenters. The highest BCUT2D eigenvalue weighted by Crippen LogP contribution is 2.24. The summed E-state index contributed by atoms with van der Waals surface area (Å²) in [7, 11) is -0.938. The van der Waals surface area contributed by atoms with Crippen molar-refractivity contribution >= 4 is 52.4 Å². The van der Waals surface area contributed by atoms with Crippen LogP contribution in [0.5, 0.6) is 5.75 Å². The molecule has 0 unspecified atom stereocenters. The van der Waals surface area contributed by atoms with Crippen molar-refractivity contribution in [1.82, 2.24) is 10.6 Å². The predicted molar refractivity (Wildman–Crippen MR) is 103 cm³/mol. The highest BCUT2D eigenvalue weighted by Gasteiger charge is 2.33. The van der Waals surface area contributed by atoms with Gasteiger partial charge in [0.1, 0.15) is 5.75 Å². The molecule has 0 radical (unpaired) electrons. The quantitative estimate of drug-likeness (QED) is 0.680. The van der Waals surface area contributed by atoms with Gasteiger partial charge < -0.3 is 19.9 Å². The molecular formula is C17H13BBrClN2O5. The van der Waals surface area contributed by atoms with Crippen LogP contribution in [0.3, 0.4) is 0 Å². The van der Waals surface area contributed by atoms with E-state index in [4.69, 9.17) is 20.9 Å². The number of halogens is 2. The van der Waals surface area contributed by atoms with Gasteiger partial charge in [-0.15, -0.1) is 0 Å². The van der Waals surface area contributed by atoms with Crippen molar-refractivity contribution in [2.45, 2.75) is 0 Å². The van der Waals surface area contributed by atoms with Gasteiger partial charge in [-0.3, -0.25) is 9.59 Å². The first-order chi connectivity index (χ1) is 12.9. The summed E-state index contributed by atoms with van der Waals surface area (Å²) in [6.07, 6.45) is -0.0492. The van der Waals surface area contributed by atoms with Gasteiger partial charge in [0.2, 0.25) is 5.91 Å². The number of carbonyl (C=O) groups is 3. The molecule has 138 valence electrons. The van der Waals surface area contributed by atoms with E-state index < -0.39 is 24.9 Å². The third-order valence-corrected chi connectivity index (χ3v) is 4.48. The minimum atomic E-state index is -0.938. The van der Waals surface area contributed by atoms with Crippen molar-refractivity contribution in [2.75, 3.05) is 13.0 Å². The molecule has 2 aromatic carbocycles. The lowest BCUT2D eigenvalue weighted by atomic mass is 9.88. The second kappa shape index (κ2) is 8.45. The maximum absolute atomic E-state index is 12.1. The molecule has 7 nitrogen and oxygen atoms in total. The average Bonchev–Trinajstić information content (AvgIpc) is 2.66. The maximum atomic E-state index is 12.1. The minimum absolute atomic E-state index is 0.0492. The number of hydrogen-bond acceptors (Lipinski definition) is 5. The Labute approximate surface area is 168 Å². The highest BCUT2D eigenvalue weighted by molar-refractivity contribution is 9.10. The minimum Gasteiger partial charge on any atom is -0.524 e. The Bertz CT molecular complexity index is 911. The molecule has 0 fully saturated rings. The van der Waals surface area contributed by atoms with Gasteiger partial charge in [-0.2, -0.15) is 0 Å². The molecule has 0 saturated heterocycles. The van der Waals surface area contributed by atoms with Gasteiger partial charge in [0.25, 0.3) is 5.91 Å². The molecule has 2 aromatic rings. The Morgan fingerprint density at radius 2 is 1.89 bits per heavy atom. The molecule has 2 N–H and O–H groups in total. The Morgan fingerprint density at radius 1 is 1.11 bits per heavy atom. The average molecular weight is 451 g/mol. The number of fused-ring (bicyclic) bond motifs is 1. The zero-order valence-corrected chi connectivity index (χ0v) is 16.2. The molecule has 0 saturated carbocycles. The topological polar surface area (TPSA) is 93.7 Å². The van der Waals surface area contributed by atoms with Gasteiger partial charge in [0.05, 0.1) is 29.1 Å². The SMILES string of the molecule is O=C(CNC(=O)c1cc(Br)ccc1Cl)NCB1OC(=O)c2ccccc2O1. The molecule has 1 aliphatic rings. The number of benzene rings is 2. The summed E-state index contributed by atoms with van der Waals surface area (Å²) in [5.41, 5.74) is 0.582. The molecule has 0 aliphatic carbocycles. The van der Waals surface area contributed by atoms with Crippen molar-refractivity contribution in [3.05, 3.63) is 63.1 Å². The molecule has 0 spiro atoms. The summed E-state index contributed by atoms with van der Waals surface area (Å²) >= 11 is 9.23. The van der Waals surface area contributed by atoms with Gasteiger partial charge in [-0.05, 0) is 30.3 Å². The number of nitrogens with one attached hydrogen (secondary N) is 2. The Balaban J connectivity index is 1.48. The zero-order chi connectivity index (χ0) is 19.4. The van der Waals surface area contributed by atoms with E-state index in [0.29, 0.717) is 15.8 Å². The normalized spacial score (nSPS) is 12.5. The summed E-state index contributed by atoms with van der Waals surface area (Å²) in [5, 5.41) is 5.29. The molecular weight excluding hydrogens is 438 g/mol. The largest absolute Gasteiger partial charge is 0.617 e. The van der Waals surface area contributed by atoms with Crippen LogP contribution in [0.1, 0.15) is 20.7 Å². The second-order valence-electron chi connectivity index (χ2n) is 5.56. The first-order valence-corrected chi connectivity index (χ1v) is 9.08. The van der Waals surface area contributed by atoms with Crippen LogP contribution in [-0.2, 0) is 9.45 Å². The first-order valence-electron chi connectivity index (χ1n) is 7.90. The maximum Gasteiger partial charge on any atom is 0.617 e. The Kier molecular flexibility index (Phi) is 6.03. The van der Waals surface area contributed by atoms with Crippen LogP contribution < -0.4 is 15.3 Å². The fraction of sp³-hybridized carbons (Fsp3) is 0.118. The van der Waals surface area contributed by atoms with Crippen LogP contribution in [0.15, 0.2) is 46.9 Å². The summed E-state index contributed by atoms with van der Waals surface area (Å²) in [4.78, 5) is 35.9. The van der Waals surface area contributed by atoms with Crippen molar-refractivity contribution < 1.29 is 23.7 Å². The molecule has 1 heterocycles. The van der Waals surface area contributed by atoms with E-state index in [0.717, 1.165) is 0 Å². The van der Waals surface area contributed by atoms with Crippen LogP contribution in [0.25, 0.3) is 0 Å². The standard InChI is InChI=1S/C17H13BBrClN2O5/c19-10-5-6-13(20)12(7-10)16(24)21-8-15(23)22-9-18-26-14-4-2-1-3-11(14)17(25)27-18/h1-7H,8-9H2,(H,21,24)(H,22,23). The molecule has 0 aromatic heterocycles. The van der Waals surface area contributed by atoms with Gasteiger partial charge in [0.15, 0.2) is 0 Å². The predicted octanol–water partition coefficient (Wildman–Crippen LogP) is 2.23. The van der Waals surface area contributed by atoms with Crippen LogP contribution in [0.4, 0.5) is 0 Å². The molecule has 1 aliphatic heterocycles. The smallest absolute Gasteiger partial charge is 0.524 e. The lowest BCUT2D eigenvalue weighted by molar-refractivity contribution is -0.119. The summed E-state index contributed by atoms with van der Waals surface area (Å²) in [6.45, 7) is -0.265. The van der Waals surface area contributed by atoms with E-state index in [2.05, 4.69) is 26.6 Å². The number of carbonyl (C=O) groups excluding carboxylic acids is 3. The monoisotopic (exact) mass is 450 g/mol. The third-order valence-electron chi connectivity index (χ3n) is 3.65. The fourth-order valence-corrected chi connectivity index (χ4v) is 2.92. The number of hydrogen-bond donors (Lipinski definition) is 2. The van der Waals surface area contributed by atoms with Gasteiger partial charge in [-0.1, -0.05) is 39.7 Å². The number of para-hydroxylation sites is 1. The number of rotatable bonds is 5. The highest BCUT2D eigenvalue weighted by atomic mass is 79.9. The first kappa shape index (κ1) is 19.3. The molecule has 10 heteroatoms. The van der Waals surface area contributed by atoms with E-state index >= 15 is 0 Å². The van der Waals surface area contributed by atoms with Crippen LogP contribution in [0.2, 0.25) is 5.02 Å². The summed E-state index contributed by atoms with van der Waals surface area (Å²) in [5.74, 6) is -1.07. The fourth-order valence-electron chi connectivity index (χ4n) is 2.36. The molecule has 27 heavy (non-hydrogen) atoms. The van der Waals surface area contributed by atoms with Gasteiger partial charge in [0, 0.05) is 4.47 Å². The van der Waals surface area contributed by atoms with E-state index in [9.17, 15) is 14.4 Å². The Morgan fingerprint density at radius 3 is 2.70 bits per heavy atom. The number of amides is 2. The lowest BCUT2D eigenvalue weighted by Crippen LogP contribution is -2.47. The second-order valence-corrected chi connectivity index (χ2v) is 6.88. The van der Waals surface area contributed by atoms with Crippen molar-refractivity contribution in [3.63, 3.8) is 0 Å². The zero-order valence-electron chi connectivity index (χ0n) is 13.8. The van der Waals surface area contributed by atoms with Crippen LogP contribution >= 0.6 is 27.5 Å². The molecule has 2 amide bonds. The van der Waals surface area contributed by atoms with Crippen LogP contribution in [-0.4, -0.2) is 37.9 Å². The van der Waals surface area contributed by atoms with Crippen LogP contribution in [0, 0.1) is 0 Å². The molecule has 0 bridgehead atoms. The van der Waals surface area contributed by atoms with E-state index in [1.54, 1.807) is 42.5 Å². The van der Waals surface area contributed by atoms with E-state index in [-0.39, 0.29) is 23.6 Å². The molecule has 3 rings (SSSR count). The van der Waals surface area contributed by atoms with Crippen molar-refractivity contribution in [2.24, 2.45) is 0 Å². The lowest BCUT2D eigenvalue weighted by Gasteiger charge is -2.22. The van der Waals surface area contributed by atoms with Gasteiger partial charge in [-0.25, -0.2) is 4.79 Å².